The van der Waals surface area contributed by atoms with Crippen LogP contribution in [0.5, 0.6) is 0 Å². The quantitative estimate of drug-likeness (QED) is 0.144. The first-order chi connectivity index (χ1) is 39.1. The predicted octanol–water partition coefficient (Wildman–Crippen LogP) is 22.1. The van der Waals surface area contributed by atoms with Gasteiger partial charge in [0.25, 0.3) is 0 Å². The van der Waals surface area contributed by atoms with Gasteiger partial charge in [-0.25, -0.2) is 0 Å². The van der Waals surface area contributed by atoms with E-state index in [1.54, 1.807) is 0 Å². The third kappa shape index (κ3) is 7.50. The minimum Gasteiger partial charge on any atom is -0.456 e. The van der Waals surface area contributed by atoms with Crippen molar-refractivity contribution < 1.29 is 8.83 Å². The van der Waals surface area contributed by atoms with Gasteiger partial charge in [0, 0.05) is 70.5 Å². The highest BCUT2D eigenvalue weighted by Gasteiger charge is 2.26. The Morgan fingerprint density at radius 1 is 0.266 bits per heavy atom. The molecule has 3 heterocycles. The number of thiophene rings is 1. The molecule has 0 saturated heterocycles. The molecule has 5 heteroatoms. The summed E-state index contributed by atoms with van der Waals surface area (Å²) in [5, 5.41) is 11.3. The van der Waals surface area contributed by atoms with E-state index in [1.807, 2.05) is 29.5 Å². The second kappa shape index (κ2) is 18.2. The Labute approximate surface area is 459 Å². The summed E-state index contributed by atoms with van der Waals surface area (Å²) < 4.78 is 15.4. The SMILES string of the molecule is c1ccc(-c2cc3ccc(N(c4ccc(-c5ccc6oc7ccccc7c6c5)cc4)c4cc(N(c5ccccc5)c5cc6c7ccccc7oc6c6ccccc56)c5sc6ccccc6c5c4)cc3cc2-c2ccccc2)cc1. The fourth-order valence-corrected chi connectivity index (χ4v) is 13.3. The molecule has 0 aliphatic heterocycles. The fraction of sp³-hybridized carbons (Fsp3) is 0. The largest absolute Gasteiger partial charge is 0.456 e. The Morgan fingerprint density at radius 3 is 1.56 bits per heavy atom. The van der Waals surface area contributed by atoms with Crippen LogP contribution < -0.4 is 9.80 Å². The van der Waals surface area contributed by atoms with Crippen LogP contribution in [0.3, 0.4) is 0 Å². The molecular formula is C74H46N2O2S. The second-order valence-electron chi connectivity index (χ2n) is 20.4. The lowest BCUT2D eigenvalue weighted by Crippen LogP contribution is -2.14. The predicted molar refractivity (Wildman–Crippen MR) is 335 cm³/mol. The zero-order valence-electron chi connectivity index (χ0n) is 42.7. The third-order valence-electron chi connectivity index (χ3n) is 15.8. The molecule has 0 fully saturated rings. The average Bonchev–Trinajstić information content (AvgIpc) is 4.39. The van der Waals surface area contributed by atoms with Crippen molar-refractivity contribution in [2.75, 3.05) is 9.80 Å². The molecule has 0 atom stereocenters. The highest BCUT2D eigenvalue weighted by molar-refractivity contribution is 7.26. The number of nitrogens with zero attached hydrogens (tertiary/aromatic N) is 2. The first kappa shape index (κ1) is 45.0. The van der Waals surface area contributed by atoms with Crippen molar-refractivity contribution in [1.82, 2.24) is 0 Å². The standard InChI is InChI=1S/C74H46N2O2S/c1-4-18-48(19-5-1)62-41-51-34-38-55(40-52(51)43-63(62)49-20-6-2-7-21-49)75(54-36-32-47(33-37-54)50-35-39-71-64(42-50)58-25-12-15-29-69(58)77-71)56-44-66-60-27-14-17-31-72(60)79-74(66)68(45-56)76(53-22-8-3-9-23-53)67-46-65-59-26-13-16-30-70(59)78-73(65)61-28-11-10-24-57(61)67/h1-46H. The van der Waals surface area contributed by atoms with E-state index in [-0.39, 0.29) is 0 Å². The molecule has 0 N–H and O–H groups in total. The van der Waals surface area contributed by atoms with Gasteiger partial charge in [0.2, 0.25) is 0 Å². The van der Waals surface area contributed by atoms with E-state index in [2.05, 4.69) is 271 Å². The molecule has 16 aromatic rings. The summed E-state index contributed by atoms with van der Waals surface area (Å²) >= 11 is 1.85. The Morgan fingerprint density at radius 2 is 0.823 bits per heavy atom. The lowest BCUT2D eigenvalue weighted by atomic mass is 9.91. The monoisotopic (exact) mass is 1030 g/mol. The van der Waals surface area contributed by atoms with Crippen LogP contribution in [0.25, 0.3) is 119 Å². The molecule has 0 amide bonds. The van der Waals surface area contributed by atoms with E-state index in [9.17, 15) is 0 Å². The number of benzene rings is 13. The van der Waals surface area contributed by atoms with Crippen molar-refractivity contribution in [2.45, 2.75) is 0 Å². The van der Waals surface area contributed by atoms with Gasteiger partial charge in [0.1, 0.15) is 22.3 Å². The van der Waals surface area contributed by atoms with Gasteiger partial charge >= 0.3 is 0 Å². The van der Waals surface area contributed by atoms with Crippen molar-refractivity contribution in [1.29, 1.82) is 0 Å². The normalized spacial score (nSPS) is 11.8. The molecule has 0 radical (unpaired) electrons. The van der Waals surface area contributed by atoms with Gasteiger partial charge in [0.15, 0.2) is 0 Å². The van der Waals surface area contributed by atoms with Crippen LogP contribution in [0.1, 0.15) is 0 Å². The Bertz CT molecular complexity index is 5020. The van der Waals surface area contributed by atoms with Crippen LogP contribution in [-0.2, 0) is 0 Å². The molecule has 0 aliphatic rings. The molecule has 0 bridgehead atoms. The van der Waals surface area contributed by atoms with E-state index in [0.29, 0.717) is 0 Å². The number of hydrogen-bond donors (Lipinski definition) is 0. The van der Waals surface area contributed by atoms with E-state index < -0.39 is 0 Å². The molecule has 3 aromatic heterocycles. The molecule has 4 nitrogen and oxygen atoms in total. The molecule has 0 saturated carbocycles. The first-order valence-electron chi connectivity index (χ1n) is 26.8. The summed E-state index contributed by atoms with van der Waals surface area (Å²) in [6.07, 6.45) is 0. The zero-order valence-corrected chi connectivity index (χ0v) is 43.5. The molecule has 0 aliphatic carbocycles. The van der Waals surface area contributed by atoms with Gasteiger partial charge in [-0.05, 0) is 141 Å². The lowest BCUT2D eigenvalue weighted by Gasteiger charge is -2.31. The Hall–Kier alpha value is -10.2. The van der Waals surface area contributed by atoms with Gasteiger partial charge < -0.3 is 18.6 Å². The number of hydrogen-bond acceptors (Lipinski definition) is 5. The molecule has 0 unspecified atom stereocenters. The van der Waals surface area contributed by atoms with Crippen molar-refractivity contribution in [3.63, 3.8) is 0 Å². The zero-order chi connectivity index (χ0) is 52.0. The maximum absolute atomic E-state index is 6.70. The topological polar surface area (TPSA) is 32.8 Å². The smallest absolute Gasteiger partial charge is 0.143 e. The minimum absolute atomic E-state index is 0.875. The Kier molecular flexibility index (Phi) is 10.4. The van der Waals surface area contributed by atoms with Crippen LogP contribution in [0, 0.1) is 0 Å². The molecule has 16 rings (SSSR count). The van der Waals surface area contributed by atoms with Crippen LogP contribution in [-0.4, -0.2) is 0 Å². The van der Waals surface area contributed by atoms with Gasteiger partial charge in [-0.15, -0.1) is 11.3 Å². The highest BCUT2D eigenvalue weighted by atomic mass is 32.1. The van der Waals surface area contributed by atoms with E-state index in [1.165, 1.54) is 47.8 Å². The van der Waals surface area contributed by atoms with Crippen molar-refractivity contribution in [3.8, 4) is 33.4 Å². The lowest BCUT2D eigenvalue weighted by molar-refractivity contribution is 0.669. The maximum Gasteiger partial charge on any atom is 0.143 e. The summed E-state index contributed by atoms with van der Waals surface area (Å²) in [6.45, 7) is 0. The number of rotatable bonds is 9. The number of para-hydroxylation sites is 3. The van der Waals surface area contributed by atoms with E-state index in [4.69, 9.17) is 8.83 Å². The van der Waals surface area contributed by atoms with Gasteiger partial charge in [0.05, 0.1) is 16.1 Å². The van der Waals surface area contributed by atoms with E-state index in [0.717, 1.165) is 105 Å². The summed E-state index contributed by atoms with van der Waals surface area (Å²) in [4.78, 5) is 4.94. The minimum atomic E-state index is 0.875. The van der Waals surface area contributed by atoms with Crippen LogP contribution in [0.15, 0.2) is 288 Å². The van der Waals surface area contributed by atoms with Crippen LogP contribution >= 0.6 is 11.3 Å². The number of furan rings is 2. The number of anilines is 6. The maximum atomic E-state index is 6.70. The van der Waals surface area contributed by atoms with Crippen molar-refractivity contribution in [3.05, 3.63) is 279 Å². The van der Waals surface area contributed by atoms with Gasteiger partial charge in [-0.1, -0.05) is 182 Å². The summed E-state index contributed by atoms with van der Waals surface area (Å²) in [5.41, 5.74) is 16.9. The van der Waals surface area contributed by atoms with Crippen molar-refractivity contribution in [2.24, 2.45) is 0 Å². The van der Waals surface area contributed by atoms with Gasteiger partial charge in [-0.3, -0.25) is 0 Å². The molecule has 370 valence electrons. The molecule has 13 aromatic carbocycles. The fourth-order valence-electron chi connectivity index (χ4n) is 12.1. The van der Waals surface area contributed by atoms with Gasteiger partial charge in [-0.2, -0.15) is 0 Å². The average molecular weight is 1030 g/mol. The number of fused-ring (bicyclic) bond motifs is 12. The van der Waals surface area contributed by atoms with Crippen LogP contribution in [0.2, 0.25) is 0 Å². The van der Waals surface area contributed by atoms with E-state index >= 15 is 0 Å². The summed E-state index contributed by atoms with van der Waals surface area (Å²) in [7, 11) is 0. The Balaban J connectivity index is 0.953. The molecule has 79 heavy (non-hydrogen) atoms. The molecular weight excluding hydrogens is 981 g/mol. The third-order valence-corrected chi connectivity index (χ3v) is 17.0. The second-order valence-corrected chi connectivity index (χ2v) is 21.4. The molecule has 0 spiro atoms. The first-order valence-corrected chi connectivity index (χ1v) is 27.6. The van der Waals surface area contributed by atoms with Crippen LogP contribution in [0.4, 0.5) is 34.1 Å². The highest BCUT2D eigenvalue weighted by Crippen LogP contribution is 2.52. The summed E-state index contributed by atoms with van der Waals surface area (Å²) in [6, 6.07) is 101. The summed E-state index contributed by atoms with van der Waals surface area (Å²) in [5.74, 6) is 0. The van der Waals surface area contributed by atoms with Crippen molar-refractivity contribution >= 4 is 131 Å².